The molecule has 6 heteroatoms. The molecule has 3 aromatic rings. The maximum atomic E-state index is 5.14. The number of methoxy groups -OCH3 is 1. The van der Waals surface area contributed by atoms with Gasteiger partial charge < -0.3 is 10.1 Å². The molecule has 0 bridgehead atoms. The number of hydrogen-bond donors (Lipinski definition) is 1. The lowest BCUT2D eigenvalue weighted by Crippen LogP contribution is -1.90. The van der Waals surface area contributed by atoms with Crippen LogP contribution in [0, 0.1) is 6.92 Å². The summed E-state index contributed by atoms with van der Waals surface area (Å²) in [4.78, 5) is 4.51. The molecule has 1 N–H and O–H groups in total. The lowest BCUT2D eigenvalue weighted by atomic mass is 10.1. The van der Waals surface area contributed by atoms with Crippen LogP contribution < -0.4 is 10.1 Å². The Balaban J connectivity index is 0.00000176. The van der Waals surface area contributed by atoms with Gasteiger partial charge in [-0.2, -0.15) is 9.36 Å². The van der Waals surface area contributed by atoms with Crippen molar-refractivity contribution in [1.82, 2.24) is 9.36 Å². The molecule has 114 valence electrons. The number of benzene rings is 2. The largest absolute Gasteiger partial charge is 0.497 e. The van der Waals surface area contributed by atoms with Gasteiger partial charge in [-0.05, 0) is 31.2 Å². The quantitative estimate of drug-likeness (QED) is 0.706. The van der Waals surface area contributed by atoms with E-state index in [1.807, 2.05) is 36.4 Å². The molecular formula is C16H16BrN3OS. The molecule has 22 heavy (non-hydrogen) atoms. The standard InChI is InChI=1S/C16H15N3OS.BrH/c1-11-3-5-12(6-4-11)15-18-16(21-19-15)17-13-7-9-14(20-2)10-8-13;/h3-10H,1-2H3,(H,17,18,19);1H. The minimum Gasteiger partial charge on any atom is -0.497 e. The van der Waals surface area contributed by atoms with Crippen LogP contribution in [0.3, 0.4) is 0 Å². The van der Waals surface area contributed by atoms with Crippen LogP contribution in [0.1, 0.15) is 5.56 Å². The molecule has 3 rings (SSSR count). The summed E-state index contributed by atoms with van der Waals surface area (Å²) < 4.78 is 9.53. The Kier molecular flexibility index (Phi) is 5.51. The van der Waals surface area contributed by atoms with Crippen LogP contribution in [0.15, 0.2) is 48.5 Å². The molecule has 2 aromatic carbocycles. The summed E-state index contributed by atoms with van der Waals surface area (Å²) >= 11 is 1.35. The predicted octanol–water partition coefficient (Wildman–Crippen LogP) is 4.84. The number of nitrogens with zero attached hydrogens (tertiary/aromatic N) is 2. The molecule has 0 radical (unpaired) electrons. The smallest absolute Gasteiger partial charge is 0.207 e. The fraction of sp³-hybridized carbons (Fsp3) is 0.125. The highest BCUT2D eigenvalue weighted by Gasteiger charge is 2.06. The van der Waals surface area contributed by atoms with Gasteiger partial charge in [0.15, 0.2) is 5.82 Å². The molecule has 0 unspecified atom stereocenters. The van der Waals surface area contributed by atoms with Crippen LogP contribution >= 0.6 is 28.5 Å². The van der Waals surface area contributed by atoms with Crippen LogP contribution in [0.5, 0.6) is 5.75 Å². The summed E-state index contributed by atoms with van der Waals surface area (Å²) in [6.07, 6.45) is 0. The molecule has 0 fully saturated rings. The molecule has 1 aromatic heterocycles. The van der Waals surface area contributed by atoms with Crippen molar-refractivity contribution in [2.45, 2.75) is 6.92 Å². The third-order valence-electron chi connectivity index (χ3n) is 3.08. The molecule has 0 amide bonds. The first-order valence-corrected chi connectivity index (χ1v) is 7.34. The van der Waals surface area contributed by atoms with E-state index in [9.17, 15) is 0 Å². The Labute approximate surface area is 144 Å². The molecule has 0 atom stereocenters. The van der Waals surface area contributed by atoms with E-state index in [4.69, 9.17) is 4.74 Å². The Bertz CT molecular complexity index is 726. The van der Waals surface area contributed by atoms with Crippen molar-refractivity contribution in [3.63, 3.8) is 0 Å². The number of aromatic nitrogens is 2. The number of anilines is 2. The van der Waals surface area contributed by atoms with Gasteiger partial charge in [-0.25, -0.2) is 0 Å². The van der Waals surface area contributed by atoms with Crippen LogP contribution in [-0.4, -0.2) is 16.5 Å². The molecule has 0 aliphatic carbocycles. The first kappa shape index (κ1) is 16.5. The van der Waals surface area contributed by atoms with Crippen molar-refractivity contribution in [3.8, 4) is 17.1 Å². The number of nitrogens with one attached hydrogen (secondary N) is 1. The normalized spacial score (nSPS) is 9.91. The zero-order valence-electron chi connectivity index (χ0n) is 12.2. The van der Waals surface area contributed by atoms with E-state index in [2.05, 4.69) is 33.7 Å². The zero-order chi connectivity index (χ0) is 14.7. The summed E-state index contributed by atoms with van der Waals surface area (Å²) in [6.45, 7) is 2.06. The molecular weight excluding hydrogens is 362 g/mol. The van der Waals surface area contributed by atoms with E-state index in [0.717, 1.165) is 28.0 Å². The van der Waals surface area contributed by atoms with E-state index >= 15 is 0 Å². The molecule has 0 aliphatic heterocycles. The van der Waals surface area contributed by atoms with E-state index in [1.165, 1.54) is 17.1 Å². The van der Waals surface area contributed by atoms with Crippen LogP contribution in [-0.2, 0) is 0 Å². The van der Waals surface area contributed by atoms with Crippen molar-refractivity contribution in [1.29, 1.82) is 0 Å². The van der Waals surface area contributed by atoms with Crippen LogP contribution in [0.2, 0.25) is 0 Å². The van der Waals surface area contributed by atoms with Gasteiger partial charge in [0.05, 0.1) is 7.11 Å². The Morgan fingerprint density at radius 3 is 2.32 bits per heavy atom. The highest BCUT2D eigenvalue weighted by atomic mass is 79.9. The topological polar surface area (TPSA) is 47.0 Å². The van der Waals surface area contributed by atoms with Crippen molar-refractivity contribution < 1.29 is 4.74 Å². The average molecular weight is 378 g/mol. The van der Waals surface area contributed by atoms with Crippen molar-refractivity contribution >= 4 is 39.3 Å². The van der Waals surface area contributed by atoms with E-state index in [-0.39, 0.29) is 17.0 Å². The van der Waals surface area contributed by atoms with Crippen molar-refractivity contribution in [2.24, 2.45) is 0 Å². The molecule has 0 saturated heterocycles. The molecule has 0 spiro atoms. The number of hydrogen-bond acceptors (Lipinski definition) is 5. The molecule has 0 saturated carbocycles. The van der Waals surface area contributed by atoms with Gasteiger partial charge in [-0.1, -0.05) is 29.8 Å². The monoisotopic (exact) mass is 377 g/mol. The summed E-state index contributed by atoms with van der Waals surface area (Å²) in [6, 6.07) is 15.9. The second-order valence-electron chi connectivity index (χ2n) is 4.64. The second-order valence-corrected chi connectivity index (χ2v) is 5.39. The number of aryl methyl sites for hydroxylation is 1. The van der Waals surface area contributed by atoms with Crippen LogP contribution in [0.4, 0.5) is 10.8 Å². The van der Waals surface area contributed by atoms with Crippen molar-refractivity contribution in [3.05, 3.63) is 54.1 Å². The van der Waals surface area contributed by atoms with Gasteiger partial charge >= 0.3 is 0 Å². The van der Waals surface area contributed by atoms with E-state index < -0.39 is 0 Å². The average Bonchev–Trinajstić information content (AvgIpc) is 2.97. The Hall–Kier alpha value is -1.92. The lowest BCUT2D eigenvalue weighted by Gasteiger charge is -2.03. The van der Waals surface area contributed by atoms with Gasteiger partial charge in [0.2, 0.25) is 5.13 Å². The zero-order valence-corrected chi connectivity index (χ0v) is 14.8. The van der Waals surface area contributed by atoms with Gasteiger partial charge in [0.1, 0.15) is 5.75 Å². The molecule has 0 aliphatic rings. The minimum absolute atomic E-state index is 0. The molecule has 4 nitrogen and oxygen atoms in total. The minimum atomic E-state index is 0. The van der Waals surface area contributed by atoms with Gasteiger partial charge in [0, 0.05) is 22.8 Å². The number of rotatable bonds is 4. The van der Waals surface area contributed by atoms with Crippen molar-refractivity contribution in [2.75, 3.05) is 12.4 Å². The van der Waals surface area contributed by atoms with Gasteiger partial charge in [0.25, 0.3) is 0 Å². The highest BCUT2D eigenvalue weighted by molar-refractivity contribution is 8.93. The SMILES string of the molecule is Br.COc1ccc(Nc2nc(-c3ccc(C)cc3)ns2)cc1. The highest BCUT2D eigenvalue weighted by Crippen LogP contribution is 2.25. The third kappa shape index (κ3) is 3.84. The van der Waals surface area contributed by atoms with Gasteiger partial charge in [-0.3, -0.25) is 0 Å². The summed E-state index contributed by atoms with van der Waals surface area (Å²) in [5, 5.41) is 4.02. The summed E-state index contributed by atoms with van der Waals surface area (Å²) in [7, 11) is 1.65. The fourth-order valence-electron chi connectivity index (χ4n) is 1.89. The maximum absolute atomic E-state index is 5.14. The fourth-order valence-corrected chi connectivity index (χ4v) is 2.50. The maximum Gasteiger partial charge on any atom is 0.207 e. The first-order valence-electron chi connectivity index (χ1n) is 6.56. The number of halogens is 1. The van der Waals surface area contributed by atoms with E-state index in [1.54, 1.807) is 7.11 Å². The predicted molar refractivity (Wildman–Crippen MR) is 96.7 cm³/mol. The van der Waals surface area contributed by atoms with E-state index in [0.29, 0.717) is 0 Å². The first-order chi connectivity index (χ1) is 10.2. The Morgan fingerprint density at radius 2 is 1.68 bits per heavy atom. The third-order valence-corrected chi connectivity index (χ3v) is 3.71. The van der Waals surface area contributed by atoms with Crippen LogP contribution in [0.25, 0.3) is 11.4 Å². The Morgan fingerprint density at radius 1 is 1.00 bits per heavy atom. The summed E-state index contributed by atoms with van der Waals surface area (Å²) in [5.41, 5.74) is 3.22. The second kappa shape index (κ2) is 7.38. The summed E-state index contributed by atoms with van der Waals surface area (Å²) in [5.74, 6) is 1.58. The van der Waals surface area contributed by atoms with Gasteiger partial charge in [-0.15, -0.1) is 17.0 Å². The number of ether oxygens (including phenoxy) is 1. The molecule has 1 heterocycles. The lowest BCUT2D eigenvalue weighted by molar-refractivity contribution is 0.415.